The predicted molar refractivity (Wildman–Crippen MR) is 114 cm³/mol. The molecule has 1 atom stereocenters. The van der Waals surface area contributed by atoms with Crippen LogP contribution in [-0.2, 0) is 18.9 Å². The Morgan fingerprint density at radius 1 is 1.17 bits per heavy atom. The number of rotatable bonds is 4. The second kappa shape index (κ2) is 7.05. The van der Waals surface area contributed by atoms with E-state index in [-0.39, 0.29) is 11.5 Å². The quantitative estimate of drug-likeness (QED) is 0.575. The molecule has 0 saturated carbocycles. The van der Waals surface area contributed by atoms with Gasteiger partial charge in [0.2, 0.25) is 0 Å². The molecule has 158 valence electrons. The van der Waals surface area contributed by atoms with Gasteiger partial charge in [-0.1, -0.05) is 32.0 Å². The number of fused-ring (bicyclic) bond motifs is 3. The number of aryl methyl sites for hydroxylation is 1. The summed E-state index contributed by atoms with van der Waals surface area (Å²) in [5, 5.41) is 7.35. The monoisotopic (exact) mass is 415 g/mol. The first kappa shape index (κ1) is 20.3. The zero-order chi connectivity index (χ0) is 21.7. The number of hydrogen-bond donors (Lipinski definition) is 3. The van der Waals surface area contributed by atoms with Gasteiger partial charge in [0.1, 0.15) is 5.66 Å². The summed E-state index contributed by atoms with van der Waals surface area (Å²) in [5.41, 5.74) is 7.57. The molecule has 1 unspecified atom stereocenters. The highest BCUT2D eigenvalue weighted by atomic mass is 19.4. The van der Waals surface area contributed by atoms with Gasteiger partial charge in [0.15, 0.2) is 5.96 Å². The van der Waals surface area contributed by atoms with Crippen molar-refractivity contribution in [3.8, 4) is 11.1 Å². The Kier molecular flexibility index (Phi) is 4.77. The van der Waals surface area contributed by atoms with Gasteiger partial charge in [-0.3, -0.25) is 5.32 Å². The summed E-state index contributed by atoms with van der Waals surface area (Å²) >= 11 is 0. The van der Waals surface area contributed by atoms with Crippen LogP contribution in [-0.4, -0.2) is 17.1 Å². The van der Waals surface area contributed by atoms with Crippen LogP contribution in [0.5, 0.6) is 0 Å². The molecule has 0 amide bonds. The highest BCUT2D eigenvalue weighted by Crippen LogP contribution is 2.46. The summed E-state index contributed by atoms with van der Waals surface area (Å²) < 4.78 is 43.2. The molecule has 0 bridgehead atoms. The molecule has 1 aliphatic heterocycles. The maximum absolute atomic E-state index is 13.8. The molecule has 1 aliphatic rings. The minimum atomic E-state index is -4.46. The van der Waals surface area contributed by atoms with Gasteiger partial charge in [-0.05, 0) is 36.7 Å². The van der Waals surface area contributed by atoms with Gasteiger partial charge in [-0.2, -0.15) is 13.2 Å². The number of nitrogens with zero attached hydrogens (tertiary/aromatic N) is 2. The first-order valence-electron chi connectivity index (χ1n) is 9.88. The topological polar surface area (TPSA) is 67.4 Å². The van der Waals surface area contributed by atoms with Crippen molar-refractivity contribution in [3.63, 3.8) is 0 Å². The first-order valence-corrected chi connectivity index (χ1v) is 9.88. The van der Waals surface area contributed by atoms with E-state index in [4.69, 9.17) is 5.73 Å². The van der Waals surface area contributed by atoms with E-state index in [9.17, 15) is 13.2 Å². The van der Waals surface area contributed by atoms with Crippen LogP contribution in [0.4, 0.5) is 18.9 Å². The molecule has 0 saturated heterocycles. The zero-order valence-electron chi connectivity index (χ0n) is 17.1. The second-order valence-corrected chi connectivity index (χ2v) is 7.45. The number of alkyl halides is 3. The fraction of sp³-hybridized carbons (Fsp3) is 0.318. The third-order valence-electron chi connectivity index (χ3n) is 5.65. The number of halogens is 3. The van der Waals surface area contributed by atoms with Crippen molar-refractivity contribution < 1.29 is 13.2 Å². The fourth-order valence-corrected chi connectivity index (χ4v) is 4.44. The Morgan fingerprint density at radius 2 is 1.90 bits per heavy atom. The van der Waals surface area contributed by atoms with Crippen molar-refractivity contribution in [2.75, 3.05) is 11.9 Å². The predicted octanol–water partition coefficient (Wildman–Crippen LogP) is 4.78. The molecule has 0 radical (unpaired) electrons. The minimum absolute atomic E-state index is 0.132. The van der Waals surface area contributed by atoms with E-state index in [1.54, 1.807) is 12.1 Å². The molecule has 4 N–H and O–H groups in total. The maximum atomic E-state index is 13.8. The summed E-state index contributed by atoms with van der Waals surface area (Å²) in [4.78, 5) is 4.66. The van der Waals surface area contributed by atoms with Crippen LogP contribution in [0, 0.1) is 0 Å². The first-order chi connectivity index (χ1) is 14.2. The SMILES string of the molecule is CCNC1(CC)N=C(N)Nc2cc(-c3ccccc3C(F)(F)F)c3c(ccn3C)c21. The molecule has 3 aromatic rings. The van der Waals surface area contributed by atoms with Gasteiger partial charge in [0, 0.05) is 35.4 Å². The van der Waals surface area contributed by atoms with Crippen molar-refractivity contribution in [1.29, 1.82) is 0 Å². The maximum Gasteiger partial charge on any atom is 0.417 e. The smallest absolute Gasteiger partial charge is 0.370 e. The van der Waals surface area contributed by atoms with Crippen molar-refractivity contribution in [3.05, 3.63) is 53.7 Å². The van der Waals surface area contributed by atoms with E-state index in [2.05, 4.69) is 15.6 Å². The van der Waals surface area contributed by atoms with E-state index in [1.165, 1.54) is 12.1 Å². The van der Waals surface area contributed by atoms with Crippen LogP contribution in [0.2, 0.25) is 0 Å². The number of aromatic nitrogens is 1. The van der Waals surface area contributed by atoms with E-state index in [1.807, 2.05) is 37.7 Å². The van der Waals surface area contributed by atoms with Crippen LogP contribution in [0.1, 0.15) is 31.4 Å². The lowest BCUT2D eigenvalue weighted by atomic mass is 9.87. The standard InChI is InChI=1S/C22H24F3N5/c1-4-21(27-5-2)18-14-10-11-30(3)19(14)15(12-17(18)28-20(26)29-21)13-8-6-7-9-16(13)22(23,24)25/h6-12,27H,4-5H2,1-3H3,(H3,26,28,29). The Balaban J connectivity index is 2.10. The van der Waals surface area contributed by atoms with Gasteiger partial charge < -0.3 is 15.6 Å². The third kappa shape index (κ3) is 3.02. The van der Waals surface area contributed by atoms with Crippen molar-refractivity contribution in [2.24, 2.45) is 17.8 Å². The molecule has 2 heterocycles. The highest BCUT2D eigenvalue weighted by molar-refractivity contribution is 6.06. The van der Waals surface area contributed by atoms with Gasteiger partial charge >= 0.3 is 6.18 Å². The lowest BCUT2D eigenvalue weighted by molar-refractivity contribution is -0.137. The molecule has 0 spiro atoms. The largest absolute Gasteiger partial charge is 0.417 e. The summed E-state index contributed by atoms with van der Waals surface area (Å²) in [5.74, 6) is 0.232. The zero-order valence-corrected chi connectivity index (χ0v) is 17.1. The Morgan fingerprint density at radius 3 is 2.57 bits per heavy atom. The molecule has 5 nitrogen and oxygen atoms in total. The Bertz CT molecular complexity index is 1150. The van der Waals surface area contributed by atoms with Crippen LogP contribution >= 0.6 is 0 Å². The molecule has 2 aromatic carbocycles. The molecular formula is C22H24F3N5. The van der Waals surface area contributed by atoms with Gasteiger partial charge in [-0.15, -0.1) is 0 Å². The van der Waals surface area contributed by atoms with E-state index >= 15 is 0 Å². The molecule has 30 heavy (non-hydrogen) atoms. The molecule has 8 heteroatoms. The number of hydrogen-bond acceptors (Lipinski definition) is 4. The average Bonchev–Trinajstić information content (AvgIpc) is 3.08. The van der Waals surface area contributed by atoms with E-state index in [0.29, 0.717) is 24.2 Å². The normalized spacial score (nSPS) is 18.8. The molecule has 1 aromatic heterocycles. The molecular weight excluding hydrogens is 391 g/mol. The number of benzene rings is 2. The van der Waals surface area contributed by atoms with Crippen LogP contribution < -0.4 is 16.4 Å². The fourth-order valence-electron chi connectivity index (χ4n) is 4.44. The van der Waals surface area contributed by atoms with Crippen LogP contribution in [0.3, 0.4) is 0 Å². The van der Waals surface area contributed by atoms with Crippen molar-refractivity contribution in [1.82, 2.24) is 9.88 Å². The van der Waals surface area contributed by atoms with Crippen LogP contribution in [0.25, 0.3) is 22.0 Å². The second-order valence-electron chi connectivity index (χ2n) is 7.45. The van der Waals surface area contributed by atoms with Gasteiger partial charge in [-0.25, -0.2) is 4.99 Å². The van der Waals surface area contributed by atoms with Gasteiger partial charge in [0.05, 0.1) is 11.1 Å². The molecule has 0 fully saturated rings. The lowest BCUT2D eigenvalue weighted by Crippen LogP contribution is -2.46. The molecule has 4 rings (SSSR count). The summed E-state index contributed by atoms with van der Waals surface area (Å²) in [6.07, 6.45) is -1.97. The summed E-state index contributed by atoms with van der Waals surface area (Å²) in [6.45, 7) is 4.66. The van der Waals surface area contributed by atoms with Gasteiger partial charge in [0.25, 0.3) is 0 Å². The van der Waals surface area contributed by atoms with E-state index in [0.717, 1.165) is 22.5 Å². The highest BCUT2D eigenvalue weighted by Gasteiger charge is 2.39. The summed E-state index contributed by atoms with van der Waals surface area (Å²) in [7, 11) is 1.84. The number of guanidine groups is 1. The average molecular weight is 415 g/mol. The van der Waals surface area contributed by atoms with Crippen molar-refractivity contribution >= 4 is 22.5 Å². The Hall–Kier alpha value is -3.00. The van der Waals surface area contributed by atoms with Crippen LogP contribution in [0.15, 0.2) is 47.6 Å². The number of anilines is 1. The van der Waals surface area contributed by atoms with E-state index < -0.39 is 17.4 Å². The third-order valence-corrected chi connectivity index (χ3v) is 5.65. The molecule has 0 aliphatic carbocycles. The van der Waals surface area contributed by atoms with Crippen molar-refractivity contribution in [2.45, 2.75) is 32.1 Å². The number of aliphatic imine (C=N–C) groups is 1. The number of nitrogens with one attached hydrogen (secondary N) is 2. The number of nitrogens with two attached hydrogens (primary N) is 1. The minimum Gasteiger partial charge on any atom is -0.370 e. The Labute approximate surface area is 172 Å². The lowest BCUT2D eigenvalue weighted by Gasteiger charge is -2.37. The summed E-state index contributed by atoms with van der Waals surface area (Å²) in [6, 6.07) is 9.33.